The second-order valence-corrected chi connectivity index (χ2v) is 3.94. The summed E-state index contributed by atoms with van der Waals surface area (Å²) in [7, 11) is 1.83. The molecule has 0 aromatic rings. The summed E-state index contributed by atoms with van der Waals surface area (Å²) in [6.45, 7) is 8.65. The Balaban J connectivity index is 3.64. The van der Waals surface area contributed by atoms with E-state index in [4.69, 9.17) is 4.74 Å². The molecule has 0 N–H and O–H groups in total. The summed E-state index contributed by atoms with van der Waals surface area (Å²) in [5.74, 6) is 0.156. The number of rotatable bonds is 6. The van der Waals surface area contributed by atoms with Crippen LogP contribution in [0, 0.1) is 0 Å². The zero-order chi connectivity index (χ0) is 11.1. The number of ether oxygens (including phenoxy) is 1. The highest BCUT2D eigenvalue weighted by molar-refractivity contribution is 5.76. The molecule has 0 saturated heterocycles. The second kappa shape index (κ2) is 6.82. The van der Waals surface area contributed by atoms with Crippen LogP contribution in [0.2, 0.25) is 0 Å². The SMILES string of the molecule is CCC(C)OCCC(=O)N(C)C(C)C. The molecule has 0 rings (SSSR count). The highest BCUT2D eigenvalue weighted by Gasteiger charge is 2.11. The molecule has 3 nitrogen and oxygen atoms in total. The van der Waals surface area contributed by atoms with Crippen molar-refractivity contribution in [3.05, 3.63) is 0 Å². The van der Waals surface area contributed by atoms with Crippen LogP contribution in [0.3, 0.4) is 0 Å². The molecule has 84 valence electrons. The third kappa shape index (κ3) is 5.22. The molecule has 0 bridgehead atoms. The van der Waals surface area contributed by atoms with E-state index in [2.05, 4.69) is 6.92 Å². The summed E-state index contributed by atoms with van der Waals surface area (Å²) in [5.41, 5.74) is 0. The van der Waals surface area contributed by atoms with Crippen molar-refractivity contribution in [2.24, 2.45) is 0 Å². The molecule has 0 heterocycles. The van der Waals surface area contributed by atoms with Crippen molar-refractivity contribution in [3.63, 3.8) is 0 Å². The first-order valence-electron chi connectivity index (χ1n) is 5.36. The fourth-order valence-corrected chi connectivity index (χ4v) is 0.930. The summed E-state index contributed by atoms with van der Waals surface area (Å²) in [5, 5.41) is 0. The second-order valence-electron chi connectivity index (χ2n) is 3.94. The Labute approximate surface area is 87.4 Å². The Kier molecular flexibility index (Phi) is 6.54. The molecule has 1 amide bonds. The molecule has 14 heavy (non-hydrogen) atoms. The Morgan fingerprint density at radius 2 is 1.93 bits per heavy atom. The zero-order valence-electron chi connectivity index (χ0n) is 10.0. The lowest BCUT2D eigenvalue weighted by atomic mass is 10.3. The average Bonchev–Trinajstić information content (AvgIpc) is 2.15. The maximum Gasteiger partial charge on any atom is 0.224 e. The molecule has 0 aromatic carbocycles. The van der Waals surface area contributed by atoms with Gasteiger partial charge in [0.1, 0.15) is 0 Å². The summed E-state index contributed by atoms with van der Waals surface area (Å²) in [4.78, 5) is 13.3. The van der Waals surface area contributed by atoms with E-state index in [-0.39, 0.29) is 18.1 Å². The quantitative estimate of drug-likeness (QED) is 0.658. The number of nitrogens with zero attached hydrogens (tertiary/aromatic N) is 1. The van der Waals surface area contributed by atoms with Crippen molar-refractivity contribution in [1.82, 2.24) is 4.90 Å². The summed E-state index contributed by atoms with van der Waals surface area (Å²) in [6, 6.07) is 0.270. The highest BCUT2D eigenvalue weighted by Crippen LogP contribution is 2.01. The van der Waals surface area contributed by atoms with Gasteiger partial charge in [-0.25, -0.2) is 0 Å². The summed E-state index contributed by atoms with van der Waals surface area (Å²) >= 11 is 0. The Morgan fingerprint density at radius 1 is 1.36 bits per heavy atom. The van der Waals surface area contributed by atoms with Gasteiger partial charge in [0.2, 0.25) is 5.91 Å². The summed E-state index contributed by atoms with van der Waals surface area (Å²) < 4.78 is 5.44. The van der Waals surface area contributed by atoms with Crippen LogP contribution in [0.1, 0.15) is 40.5 Å². The van der Waals surface area contributed by atoms with Gasteiger partial charge < -0.3 is 9.64 Å². The lowest BCUT2D eigenvalue weighted by Crippen LogP contribution is -2.33. The number of carbonyl (C=O) groups excluding carboxylic acids is 1. The largest absolute Gasteiger partial charge is 0.378 e. The first-order chi connectivity index (χ1) is 6.49. The third-order valence-electron chi connectivity index (χ3n) is 2.46. The molecule has 1 atom stereocenters. The van der Waals surface area contributed by atoms with E-state index in [0.29, 0.717) is 13.0 Å². The molecule has 0 fully saturated rings. The molecule has 0 aliphatic heterocycles. The minimum atomic E-state index is 0.156. The van der Waals surface area contributed by atoms with Crippen molar-refractivity contribution in [3.8, 4) is 0 Å². The van der Waals surface area contributed by atoms with Crippen LogP contribution >= 0.6 is 0 Å². The molecule has 0 spiro atoms. The maximum atomic E-state index is 11.5. The Morgan fingerprint density at radius 3 is 2.36 bits per heavy atom. The van der Waals surface area contributed by atoms with E-state index in [1.165, 1.54) is 0 Å². The zero-order valence-corrected chi connectivity index (χ0v) is 10.0. The van der Waals surface area contributed by atoms with Crippen LogP contribution in [0.15, 0.2) is 0 Å². The first-order valence-corrected chi connectivity index (χ1v) is 5.36. The lowest BCUT2D eigenvalue weighted by molar-refractivity contribution is -0.132. The number of hydrogen-bond donors (Lipinski definition) is 0. The minimum absolute atomic E-state index is 0.156. The normalized spacial score (nSPS) is 13.0. The number of carbonyl (C=O) groups is 1. The Bertz CT molecular complexity index is 169. The van der Waals surface area contributed by atoms with Gasteiger partial charge in [0, 0.05) is 13.1 Å². The predicted molar refractivity (Wildman–Crippen MR) is 58.2 cm³/mol. The Hall–Kier alpha value is -0.570. The fourth-order valence-electron chi connectivity index (χ4n) is 0.930. The lowest BCUT2D eigenvalue weighted by Gasteiger charge is -2.21. The molecular weight excluding hydrogens is 178 g/mol. The fraction of sp³-hybridized carbons (Fsp3) is 0.909. The molecule has 0 radical (unpaired) electrons. The van der Waals surface area contributed by atoms with Gasteiger partial charge in [0.15, 0.2) is 0 Å². The van der Waals surface area contributed by atoms with Crippen LogP contribution in [-0.4, -0.2) is 36.6 Å². The minimum Gasteiger partial charge on any atom is -0.378 e. The smallest absolute Gasteiger partial charge is 0.224 e. The van der Waals surface area contributed by atoms with Crippen molar-refractivity contribution in [2.45, 2.75) is 52.7 Å². The first kappa shape index (κ1) is 13.4. The van der Waals surface area contributed by atoms with Gasteiger partial charge in [-0.1, -0.05) is 6.92 Å². The van der Waals surface area contributed by atoms with Crippen molar-refractivity contribution in [2.75, 3.05) is 13.7 Å². The van der Waals surface area contributed by atoms with Crippen LogP contribution in [-0.2, 0) is 9.53 Å². The highest BCUT2D eigenvalue weighted by atomic mass is 16.5. The molecular formula is C11H23NO2. The van der Waals surface area contributed by atoms with Crippen LogP contribution in [0.4, 0.5) is 0 Å². The number of amides is 1. The number of hydrogen-bond acceptors (Lipinski definition) is 2. The van der Waals surface area contributed by atoms with Gasteiger partial charge in [-0.2, -0.15) is 0 Å². The van der Waals surface area contributed by atoms with Gasteiger partial charge in [-0.05, 0) is 27.2 Å². The molecule has 1 unspecified atom stereocenters. The van der Waals surface area contributed by atoms with E-state index in [1.807, 2.05) is 27.8 Å². The topological polar surface area (TPSA) is 29.5 Å². The van der Waals surface area contributed by atoms with Crippen molar-refractivity contribution in [1.29, 1.82) is 0 Å². The van der Waals surface area contributed by atoms with E-state index in [0.717, 1.165) is 6.42 Å². The van der Waals surface area contributed by atoms with Gasteiger partial charge in [0.05, 0.1) is 19.1 Å². The van der Waals surface area contributed by atoms with Crippen molar-refractivity contribution >= 4 is 5.91 Å². The average molecular weight is 201 g/mol. The maximum absolute atomic E-state index is 11.5. The van der Waals surface area contributed by atoms with Crippen LogP contribution in [0.5, 0.6) is 0 Å². The molecule has 3 heteroatoms. The predicted octanol–water partition coefficient (Wildman–Crippen LogP) is 2.06. The molecule has 0 aliphatic rings. The van der Waals surface area contributed by atoms with E-state index in [1.54, 1.807) is 4.90 Å². The molecule has 0 aromatic heterocycles. The van der Waals surface area contributed by atoms with E-state index in [9.17, 15) is 4.79 Å². The van der Waals surface area contributed by atoms with Gasteiger partial charge in [0.25, 0.3) is 0 Å². The third-order valence-corrected chi connectivity index (χ3v) is 2.46. The molecule has 0 saturated carbocycles. The standard InChI is InChI=1S/C11H23NO2/c1-6-10(4)14-8-7-11(13)12(5)9(2)3/h9-10H,6-8H2,1-5H3. The van der Waals surface area contributed by atoms with Crippen LogP contribution < -0.4 is 0 Å². The van der Waals surface area contributed by atoms with Crippen LogP contribution in [0.25, 0.3) is 0 Å². The van der Waals surface area contributed by atoms with E-state index < -0.39 is 0 Å². The van der Waals surface area contributed by atoms with Crippen molar-refractivity contribution < 1.29 is 9.53 Å². The van der Waals surface area contributed by atoms with Gasteiger partial charge in [-0.15, -0.1) is 0 Å². The van der Waals surface area contributed by atoms with Gasteiger partial charge >= 0.3 is 0 Å². The summed E-state index contributed by atoms with van der Waals surface area (Å²) in [6.07, 6.45) is 1.74. The van der Waals surface area contributed by atoms with Gasteiger partial charge in [-0.3, -0.25) is 4.79 Å². The monoisotopic (exact) mass is 201 g/mol. The molecule has 0 aliphatic carbocycles. The van der Waals surface area contributed by atoms with E-state index >= 15 is 0 Å².